The summed E-state index contributed by atoms with van der Waals surface area (Å²) in [6, 6.07) is 6.85. The van der Waals surface area contributed by atoms with Crippen LogP contribution >= 0.6 is 0 Å². The summed E-state index contributed by atoms with van der Waals surface area (Å²) in [7, 11) is 0. The van der Waals surface area contributed by atoms with Gasteiger partial charge in [-0.05, 0) is 42.3 Å². The fourth-order valence-electron chi connectivity index (χ4n) is 3.08. The van der Waals surface area contributed by atoms with Crippen LogP contribution in [0.5, 0.6) is 0 Å². The maximum atomic E-state index is 13.8. The van der Waals surface area contributed by atoms with Crippen LogP contribution in [-0.2, 0) is 11.2 Å². The number of rotatable bonds is 6. The number of halogens is 2. The first kappa shape index (κ1) is 21.1. The highest BCUT2D eigenvalue weighted by Gasteiger charge is 2.14. The van der Waals surface area contributed by atoms with Crippen LogP contribution in [0.3, 0.4) is 0 Å². The molecule has 0 bridgehead atoms. The highest BCUT2D eigenvalue weighted by atomic mass is 19.1. The molecule has 32 heavy (non-hydrogen) atoms. The summed E-state index contributed by atoms with van der Waals surface area (Å²) in [6.07, 6.45) is 9.06. The van der Waals surface area contributed by atoms with Crippen LogP contribution < -0.4 is 10.6 Å². The standard InChI is InChI=1S/C23H19F2N5O2/c1-14-3-2-4-18(27-21(31)11-16-5-6-17(24)12-19(16)25)13-20(14)28-23-30-29-22(32-23)15-7-9-26-10-8-15/h2-3,5-10,12-13H,4,11H2,1H3,(H,27,31)(H,28,30). The third kappa shape index (κ3) is 5.12. The molecule has 2 N–H and O–H groups in total. The van der Waals surface area contributed by atoms with Gasteiger partial charge in [0.1, 0.15) is 11.6 Å². The van der Waals surface area contributed by atoms with Gasteiger partial charge in [0.2, 0.25) is 11.8 Å². The fourth-order valence-corrected chi connectivity index (χ4v) is 3.08. The van der Waals surface area contributed by atoms with Crippen molar-refractivity contribution in [3.8, 4) is 11.5 Å². The molecule has 0 saturated heterocycles. The molecule has 162 valence electrons. The molecule has 0 saturated carbocycles. The largest absolute Gasteiger partial charge is 0.403 e. The number of hydrogen-bond donors (Lipinski definition) is 2. The Morgan fingerprint density at radius 2 is 1.97 bits per heavy atom. The van der Waals surface area contributed by atoms with Crippen LogP contribution in [0.4, 0.5) is 14.8 Å². The SMILES string of the molecule is CC1=C(Nc2nnc(-c3ccncc3)o2)C=C(NC(=O)Cc2ccc(F)cc2F)CC=C1. The first-order valence-electron chi connectivity index (χ1n) is 9.80. The Hall–Kier alpha value is -4.14. The monoisotopic (exact) mass is 435 g/mol. The summed E-state index contributed by atoms with van der Waals surface area (Å²) in [5, 5.41) is 13.9. The molecule has 0 spiro atoms. The second kappa shape index (κ2) is 9.34. The first-order valence-corrected chi connectivity index (χ1v) is 9.80. The number of carbonyl (C=O) groups is 1. The van der Waals surface area contributed by atoms with Gasteiger partial charge in [-0.15, -0.1) is 5.10 Å². The van der Waals surface area contributed by atoms with Gasteiger partial charge < -0.3 is 15.1 Å². The van der Waals surface area contributed by atoms with E-state index in [2.05, 4.69) is 25.8 Å². The Morgan fingerprint density at radius 3 is 2.75 bits per heavy atom. The van der Waals surface area contributed by atoms with Gasteiger partial charge in [0.25, 0.3) is 0 Å². The highest BCUT2D eigenvalue weighted by molar-refractivity contribution is 5.80. The predicted molar refractivity (Wildman–Crippen MR) is 114 cm³/mol. The normalized spacial score (nSPS) is 13.5. The maximum absolute atomic E-state index is 13.8. The quantitative estimate of drug-likeness (QED) is 0.600. The van der Waals surface area contributed by atoms with Crippen molar-refractivity contribution in [2.75, 3.05) is 5.32 Å². The molecule has 4 rings (SSSR count). The number of hydrogen-bond acceptors (Lipinski definition) is 6. The second-order valence-electron chi connectivity index (χ2n) is 7.11. The molecule has 9 heteroatoms. The van der Waals surface area contributed by atoms with Crippen molar-refractivity contribution in [1.29, 1.82) is 0 Å². The number of nitrogens with one attached hydrogen (secondary N) is 2. The minimum absolute atomic E-state index is 0.119. The number of nitrogens with zero attached hydrogens (tertiary/aromatic N) is 3. The van der Waals surface area contributed by atoms with E-state index in [4.69, 9.17) is 4.42 Å². The zero-order valence-electron chi connectivity index (χ0n) is 17.1. The lowest BCUT2D eigenvalue weighted by molar-refractivity contribution is -0.119. The van der Waals surface area contributed by atoms with E-state index in [-0.39, 0.29) is 18.0 Å². The topological polar surface area (TPSA) is 92.9 Å². The van der Waals surface area contributed by atoms with Crippen LogP contribution in [0.25, 0.3) is 11.5 Å². The van der Waals surface area contributed by atoms with Crippen molar-refractivity contribution in [2.45, 2.75) is 19.8 Å². The summed E-state index contributed by atoms with van der Waals surface area (Å²) in [4.78, 5) is 16.4. The lowest BCUT2D eigenvalue weighted by Crippen LogP contribution is -2.25. The predicted octanol–water partition coefficient (Wildman–Crippen LogP) is 4.30. The molecule has 3 aromatic rings. The third-order valence-corrected chi connectivity index (χ3v) is 4.71. The molecule has 1 aliphatic rings. The molecule has 1 amide bonds. The van der Waals surface area contributed by atoms with Crippen molar-refractivity contribution < 1.29 is 18.0 Å². The molecular weight excluding hydrogens is 416 g/mol. The van der Waals surface area contributed by atoms with E-state index in [0.29, 0.717) is 23.7 Å². The van der Waals surface area contributed by atoms with Crippen LogP contribution in [0, 0.1) is 11.6 Å². The number of carbonyl (C=O) groups excluding carboxylic acids is 1. The van der Waals surface area contributed by atoms with E-state index < -0.39 is 17.5 Å². The number of aromatic nitrogens is 3. The Morgan fingerprint density at radius 1 is 1.16 bits per heavy atom. The smallest absolute Gasteiger partial charge is 0.320 e. The van der Waals surface area contributed by atoms with E-state index in [1.165, 1.54) is 6.07 Å². The van der Waals surface area contributed by atoms with Gasteiger partial charge in [-0.3, -0.25) is 9.78 Å². The van der Waals surface area contributed by atoms with Crippen LogP contribution in [-0.4, -0.2) is 21.1 Å². The minimum atomic E-state index is -0.755. The molecular formula is C23H19F2N5O2. The molecule has 0 radical (unpaired) electrons. The first-order chi connectivity index (χ1) is 15.5. The van der Waals surface area contributed by atoms with Gasteiger partial charge in [-0.2, -0.15) is 0 Å². The Balaban J connectivity index is 1.47. The molecule has 0 unspecified atom stereocenters. The number of amides is 1. The lowest BCUT2D eigenvalue weighted by Gasteiger charge is -2.10. The molecule has 2 aromatic heterocycles. The van der Waals surface area contributed by atoms with Crippen molar-refractivity contribution in [3.63, 3.8) is 0 Å². The van der Waals surface area contributed by atoms with Crippen molar-refractivity contribution in [1.82, 2.24) is 20.5 Å². The summed E-state index contributed by atoms with van der Waals surface area (Å²) in [5.74, 6) is -1.51. The van der Waals surface area contributed by atoms with Gasteiger partial charge in [0, 0.05) is 41.8 Å². The zero-order chi connectivity index (χ0) is 22.5. The van der Waals surface area contributed by atoms with E-state index in [9.17, 15) is 13.6 Å². The summed E-state index contributed by atoms with van der Waals surface area (Å²) in [5.41, 5.74) is 3.01. The minimum Gasteiger partial charge on any atom is -0.403 e. The summed E-state index contributed by atoms with van der Waals surface area (Å²) >= 11 is 0. The van der Waals surface area contributed by atoms with Crippen LogP contribution in [0.15, 0.2) is 82.3 Å². The molecule has 1 aromatic carbocycles. The lowest BCUT2D eigenvalue weighted by atomic mass is 10.1. The van der Waals surface area contributed by atoms with E-state index in [0.717, 1.165) is 23.3 Å². The van der Waals surface area contributed by atoms with Gasteiger partial charge in [-0.1, -0.05) is 23.3 Å². The Labute approximate surface area is 182 Å². The van der Waals surface area contributed by atoms with Gasteiger partial charge >= 0.3 is 6.01 Å². The van der Waals surface area contributed by atoms with Crippen molar-refractivity contribution >= 4 is 11.9 Å². The highest BCUT2D eigenvalue weighted by Crippen LogP contribution is 2.22. The maximum Gasteiger partial charge on any atom is 0.320 e. The molecule has 7 nitrogen and oxygen atoms in total. The summed E-state index contributed by atoms with van der Waals surface area (Å²) in [6.45, 7) is 1.90. The van der Waals surface area contributed by atoms with Gasteiger partial charge in [0.05, 0.1) is 6.42 Å². The van der Waals surface area contributed by atoms with Gasteiger partial charge in [-0.25, -0.2) is 8.78 Å². The Kier molecular flexibility index (Phi) is 6.16. The summed E-state index contributed by atoms with van der Waals surface area (Å²) < 4.78 is 32.6. The number of anilines is 1. The van der Waals surface area contributed by atoms with Crippen LogP contribution in [0.1, 0.15) is 18.9 Å². The molecule has 0 atom stereocenters. The number of benzene rings is 1. The van der Waals surface area contributed by atoms with E-state index in [1.54, 1.807) is 30.6 Å². The van der Waals surface area contributed by atoms with Gasteiger partial charge in [0.15, 0.2) is 0 Å². The number of pyridine rings is 1. The molecule has 2 heterocycles. The van der Waals surface area contributed by atoms with Crippen LogP contribution in [0.2, 0.25) is 0 Å². The average molecular weight is 435 g/mol. The number of allylic oxidation sites excluding steroid dienone is 4. The molecule has 1 aliphatic carbocycles. The zero-order valence-corrected chi connectivity index (χ0v) is 17.1. The third-order valence-electron chi connectivity index (χ3n) is 4.71. The van der Waals surface area contributed by atoms with E-state index >= 15 is 0 Å². The van der Waals surface area contributed by atoms with Crippen molar-refractivity contribution in [2.24, 2.45) is 0 Å². The molecule has 0 aliphatic heterocycles. The average Bonchev–Trinajstić information content (AvgIpc) is 3.17. The van der Waals surface area contributed by atoms with E-state index in [1.807, 2.05) is 19.1 Å². The Bertz CT molecular complexity index is 1230. The fraction of sp³-hybridized carbons (Fsp3) is 0.130. The van der Waals surface area contributed by atoms with Crippen molar-refractivity contribution in [3.05, 3.63) is 95.1 Å². The second-order valence-corrected chi connectivity index (χ2v) is 7.11. The molecule has 0 fully saturated rings.